The highest BCUT2D eigenvalue weighted by Crippen LogP contribution is 2.39. The molecular formula is C17H26N4O2. The molecule has 1 aromatic heterocycles. The van der Waals surface area contributed by atoms with Gasteiger partial charge in [-0.25, -0.2) is 0 Å². The first-order valence-electron chi connectivity index (χ1n) is 8.16. The summed E-state index contributed by atoms with van der Waals surface area (Å²) >= 11 is 0. The molecule has 1 heterocycles. The molecule has 126 valence electrons. The Morgan fingerprint density at radius 2 is 2.26 bits per heavy atom. The van der Waals surface area contributed by atoms with Crippen molar-refractivity contribution >= 4 is 11.8 Å². The van der Waals surface area contributed by atoms with Gasteiger partial charge in [0.15, 0.2) is 5.69 Å². The standard InChI is InChI=1S/C17H26N4O2/c1-5-16(22)18-9-6-10-20(4)17(23)15-11-12(2)21(19-15)13(3)14-7-8-14/h5,11,13-14H,1,6-10H2,2-4H3,(H,18,22). The summed E-state index contributed by atoms with van der Waals surface area (Å²) in [7, 11) is 1.76. The van der Waals surface area contributed by atoms with Crippen LogP contribution in [0.4, 0.5) is 0 Å². The highest BCUT2D eigenvalue weighted by molar-refractivity contribution is 5.92. The summed E-state index contributed by atoms with van der Waals surface area (Å²) in [6.45, 7) is 8.65. The van der Waals surface area contributed by atoms with Crippen LogP contribution < -0.4 is 5.32 Å². The molecule has 6 nitrogen and oxygen atoms in total. The number of aromatic nitrogens is 2. The molecule has 0 radical (unpaired) electrons. The van der Waals surface area contributed by atoms with Gasteiger partial charge in [0.1, 0.15) is 0 Å². The van der Waals surface area contributed by atoms with E-state index in [9.17, 15) is 9.59 Å². The maximum atomic E-state index is 12.4. The van der Waals surface area contributed by atoms with Crippen LogP contribution in [-0.4, -0.2) is 46.6 Å². The van der Waals surface area contributed by atoms with E-state index < -0.39 is 0 Å². The molecule has 2 rings (SSSR count). The highest BCUT2D eigenvalue weighted by Gasteiger charge is 2.31. The summed E-state index contributed by atoms with van der Waals surface area (Å²) in [5, 5.41) is 7.20. The fourth-order valence-corrected chi connectivity index (χ4v) is 2.68. The van der Waals surface area contributed by atoms with Crippen molar-refractivity contribution in [1.82, 2.24) is 20.0 Å². The lowest BCUT2D eigenvalue weighted by Gasteiger charge is -2.16. The molecule has 1 atom stereocenters. The van der Waals surface area contributed by atoms with Crippen LogP contribution in [0.3, 0.4) is 0 Å². The average molecular weight is 318 g/mol. The Balaban J connectivity index is 1.88. The van der Waals surface area contributed by atoms with Gasteiger partial charge in [0, 0.05) is 25.8 Å². The Labute approximate surface area is 137 Å². The number of aryl methyl sites for hydroxylation is 1. The van der Waals surface area contributed by atoms with Gasteiger partial charge in [0.05, 0.1) is 6.04 Å². The number of nitrogens with one attached hydrogen (secondary N) is 1. The Morgan fingerprint density at radius 3 is 2.87 bits per heavy atom. The summed E-state index contributed by atoms with van der Waals surface area (Å²) in [4.78, 5) is 25.1. The quantitative estimate of drug-likeness (QED) is 0.588. The summed E-state index contributed by atoms with van der Waals surface area (Å²) < 4.78 is 1.98. The van der Waals surface area contributed by atoms with Crippen molar-refractivity contribution in [3.63, 3.8) is 0 Å². The van der Waals surface area contributed by atoms with Crippen LogP contribution in [0, 0.1) is 12.8 Å². The van der Waals surface area contributed by atoms with Gasteiger partial charge in [-0.15, -0.1) is 0 Å². The zero-order valence-corrected chi connectivity index (χ0v) is 14.2. The molecule has 1 aliphatic carbocycles. The van der Waals surface area contributed by atoms with Gasteiger partial charge in [-0.2, -0.15) is 5.10 Å². The lowest BCUT2D eigenvalue weighted by molar-refractivity contribution is -0.116. The number of hydrogen-bond donors (Lipinski definition) is 1. The molecule has 1 saturated carbocycles. The third-order valence-corrected chi connectivity index (χ3v) is 4.33. The molecule has 6 heteroatoms. The van der Waals surface area contributed by atoms with Gasteiger partial charge >= 0.3 is 0 Å². The van der Waals surface area contributed by atoms with Gasteiger partial charge < -0.3 is 10.2 Å². The predicted octanol–water partition coefficient (Wildman–Crippen LogP) is 1.93. The molecule has 0 spiro atoms. The molecule has 23 heavy (non-hydrogen) atoms. The van der Waals surface area contributed by atoms with Gasteiger partial charge in [-0.05, 0) is 51.2 Å². The van der Waals surface area contributed by atoms with E-state index in [0.29, 0.717) is 37.2 Å². The normalized spacial score (nSPS) is 15.1. The third kappa shape index (κ3) is 4.43. The zero-order chi connectivity index (χ0) is 17.0. The van der Waals surface area contributed by atoms with E-state index in [1.807, 2.05) is 17.7 Å². The van der Waals surface area contributed by atoms with Gasteiger partial charge in [-0.1, -0.05) is 6.58 Å². The first kappa shape index (κ1) is 17.2. The van der Waals surface area contributed by atoms with Crippen LogP contribution >= 0.6 is 0 Å². The van der Waals surface area contributed by atoms with Crippen LogP contribution in [0.15, 0.2) is 18.7 Å². The first-order valence-corrected chi connectivity index (χ1v) is 8.16. The molecule has 0 aliphatic heterocycles. The van der Waals surface area contributed by atoms with E-state index in [4.69, 9.17) is 0 Å². The van der Waals surface area contributed by atoms with Crippen LogP contribution in [0.2, 0.25) is 0 Å². The lowest BCUT2D eigenvalue weighted by atomic mass is 10.2. The molecular weight excluding hydrogens is 292 g/mol. The SMILES string of the molecule is C=CC(=O)NCCCN(C)C(=O)c1cc(C)n(C(C)C2CC2)n1. The minimum Gasteiger partial charge on any atom is -0.353 e. The van der Waals surface area contributed by atoms with Crippen molar-refractivity contribution in [3.8, 4) is 0 Å². The monoisotopic (exact) mass is 318 g/mol. The second-order valence-corrected chi connectivity index (χ2v) is 6.27. The van der Waals surface area contributed by atoms with E-state index in [2.05, 4.69) is 23.9 Å². The molecule has 0 aromatic carbocycles. The zero-order valence-electron chi connectivity index (χ0n) is 14.2. The molecule has 0 bridgehead atoms. The molecule has 1 fully saturated rings. The van der Waals surface area contributed by atoms with Crippen LogP contribution in [0.25, 0.3) is 0 Å². The third-order valence-electron chi connectivity index (χ3n) is 4.33. The molecule has 2 amide bonds. The number of carbonyl (C=O) groups excluding carboxylic acids is 2. The van der Waals surface area contributed by atoms with Gasteiger partial charge in [0.25, 0.3) is 5.91 Å². The number of nitrogens with zero attached hydrogens (tertiary/aromatic N) is 3. The van der Waals surface area contributed by atoms with E-state index >= 15 is 0 Å². The van der Waals surface area contributed by atoms with E-state index in [0.717, 1.165) is 5.69 Å². The smallest absolute Gasteiger partial charge is 0.274 e. The maximum absolute atomic E-state index is 12.4. The van der Waals surface area contributed by atoms with E-state index in [1.165, 1.54) is 18.9 Å². The Kier molecular flexibility index (Phi) is 5.58. The van der Waals surface area contributed by atoms with E-state index in [1.54, 1.807) is 11.9 Å². The number of amides is 2. The Bertz CT molecular complexity index is 589. The average Bonchev–Trinajstić information content (AvgIpc) is 3.32. The maximum Gasteiger partial charge on any atom is 0.274 e. The lowest BCUT2D eigenvalue weighted by Crippen LogP contribution is -2.31. The number of hydrogen-bond acceptors (Lipinski definition) is 3. The second kappa shape index (κ2) is 7.44. The van der Waals surface area contributed by atoms with Crippen molar-refractivity contribution in [1.29, 1.82) is 0 Å². The Hall–Kier alpha value is -2.11. The molecule has 0 saturated heterocycles. The van der Waals surface area contributed by atoms with Crippen LogP contribution in [0.5, 0.6) is 0 Å². The predicted molar refractivity (Wildman–Crippen MR) is 89.2 cm³/mol. The molecule has 1 aromatic rings. The van der Waals surface area contributed by atoms with Crippen molar-refractivity contribution in [2.24, 2.45) is 5.92 Å². The second-order valence-electron chi connectivity index (χ2n) is 6.27. The summed E-state index contributed by atoms with van der Waals surface area (Å²) in [6, 6.07) is 2.22. The minimum absolute atomic E-state index is 0.0788. The minimum atomic E-state index is -0.192. The van der Waals surface area contributed by atoms with Gasteiger partial charge in [-0.3, -0.25) is 14.3 Å². The Morgan fingerprint density at radius 1 is 1.57 bits per heavy atom. The highest BCUT2D eigenvalue weighted by atomic mass is 16.2. The summed E-state index contributed by atoms with van der Waals surface area (Å²) in [6.07, 6.45) is 4.44. The number of rotatable bonds is 8. The van der Waals surface area contributed by atoms with Crippen molar-refractivity contribution in [2.45, 2.75) is 39.2 Å². The fourth-order valence-electron chi connectivity index (χ4n) is 2.68. The van der Waals surface area contributed by atoms with Gasteiger partial charge in [0.2, 0.25) is 5.91 Å². The first-order chi connectivity index (χ1) is 10.9. The van der Waals surface area contributed by atoms with Crippen molar-refractivity contribution in [3.05, 3.63) is 30.1 Å². The fraction of sp³-hybridized carbons (Fsp3) is 0.588. The molecule has 1 aliphatic rings. The van der Waals surface area contributed by atoms with E-state index in [-0.39, 0.29) is 11.8 Å². The van der Waals surface area contributed by atoms with Crippen molar-refractivity contribution < 1.29 is 9.59 Å². The summed E-state index contributed by atoms with van der Waals surface area (Å²) in [5.74, 6) is 0.426. The molecule has 1 unspecified atom stereocenters. The van der Waals surface area contributed by atoms with Crippen LogP contribution in [-0.2, 0) is 4.79 Å². The molecule has 1 N–H and O–H groups in total. The largest absolute Gasteiger partial charge is 0.353 e. The van der Waals surface area contributed by atoms with Crippen LogP contribution in [0.1, 0.15) is 48.4 Å². The number of carbonyl (C=O) groups is 2. The summed E-state index contributed by atoms with van der Waals surface area (Å²) in [5.41, 5.74) is 1.52. The topological polar surface area (TPSA) is 67.2 Å². The van der Waals surface area contributed by atoms with Crippen molar-refractivity contribution in [2.75, 3.05) is 20.1 Å².